The van der Waals surface area contributed by atoms with E-state index in [1.807, 2.05) is 12.1 Å². The maximum atomic E-state index is 12.2. The maximum absolute atomic E-state index is 12.2. The highest BCUT2D eigenvalue weighted by atomic mass is 35.5. The topological polar surface area (TPSA) is 73.9 Å². The van der Waals surface area contributed by atoms with Crippen molar-refractivity contribution in [1.29, 1.82) is 0 Å². The van der Waals surface area contributed by atoms with Gasteiger partial charge in [0.25, 0.3) is 0 Å². The number of hydrogen-bond acceptors (Lipinski definition) is 7. The van der Waals surface area contributed by atoms with Crippen molar-refractivity contribution in [3.05, 3.63) is 39.0 Å². The van der Waals surface area contributed by atoms with E-state index in [0.29, 0.717) is 22.9 Å². The van der Waals surface area contributed by atoms with Crippen molar-refractivity contribution in [2.24, 2.45) is 0 Å². The van der Waals surface area contributed by atoms with E-state index in [-0.39, 0.29) is 17.2 Å². The molecule has 0 spiro atoms. The van der Waals surface area contributed by atoms with Crippen LogP contribution in [0.1, 0.15) is 15.2 Å². The predicted octanol–water partition coefficient (Wildman–Crippen LogP) is 4.08. The highest BCUT2D eigenvalue weighted by Crippen LogP contribution is 2.34. The Kier molecular flexibility index (Phi) is 7.62. The Hall–Kier alpha value is -1.90. The number of carbonyl (C=O) groups excluding carboxylic acids is 2. The fourth-order valence-corrected chi connectivity index (χ4v) is 4.15. The molecule has 0 aliphatic heterocycles. The number of rotatable bonds is 8. The van der Waals surface area contributed by atoms with Gasteiger partial charge in [0.2, 0.25) is 5.91 Å². The van der Waals surface area contributed by atoms with Gasteiger partial charge >= 0.3 is 5.97 Å². The summed E-state index contributed by atoms with van der Waals surface area (Å²) in [4.78, 5) is 25.3. The lowest BCUT2D eigenvalue weighted by molar-refractivity contribution is -0.113. The number of thioether (sulfide) groups is 1. The fourth-order valence-electron chi connectivity index (χ4n) is 2.12. The zero-order chi connectivity index (χ0) is 19.1. The number of halogens is 1. The molecule has 0 unspecified atom stereocenters. The van der Waals surface area contributed by atoms with Crippen LogP contribution in [0.15, 0.2) is 24.3 Å². The summed E-state index contributed by atoms with van der Waals surface area (Å²) in [5.41, 5.74) is 0.493. The van der Waals surface area contributed by atoms with E-state index in [1.54, 1.807) is 0 Å². The van der Waals surface area contributed by atoms with E-state index in [1.165, 1.54) is 56.6 Å². The van der Waals surface area contributed by atoms with Gasteiger partial charge < -0.3 is 19.5 Å². The van der Waals surface area contributed by atoms with Gasteiger partial charge in [0.1, 0.15) is 0 Å². The molecule has 0 aliphatic carbocycles. The van der Waals surface area contributed by atoms with Crippen molar-refractivity contribution in [3.63, 3.8) is 0 Å². The van der Waals surface area contributed by atoms with Crippen molar-refractivity contribution in [2.75, 3.05) is 32.4 Å². The summed E-state index contributed by atoms with van der Waals surface area (Å²) in [5, 5.41) is 2.72. The van der Waals surface area contributed by atoms with E-state index in [9.17, 15) is 9.59 Å². The number of anilines is 1. The van der Waals surface area contributed by atoms with Crippen LogP contribution in [0.5, 0.6) is 11.5 Å². The number of hydrogen-bond donors (Lipinski definition) is 1. The first-order valence-electron chi connectivity index (χ1n) is 7.44. The summed E-state index contributed by atoms with van der Waals surface area (Å²) >= 11 is 8.82. The molecule has 1 aromatic heterocycles. The largest absolute Gasteiger partial charge is 0.493 e. The molecule has 2 aromatic rings. The van der Waals surface area contributed by atoms with E-state index < -0.39 is 5.97 Å². The number of nitrogens with one attached hydrogen (secondary N) is 1. The van der Waals surface area contributed by atoms with E-state index in [0.717, 1.165) is 9.21 Å². The van der Waals surface area contributed by atoms with Gasteiger partial charge in [0.05, 0.1) is 42.7 Å². The molecule has 0 aliphatic rings. The Balaban J connectivity index is 2.08. The molecule has 0 radical (unpaired) electrons. The molecular weight excluding hydrogens is 398 g/mol. The van der Waals surface area contributed by atoms with Gasteiger partial charge in [0, 0.05) is 22.8 Å². The monoisotopic (exact) mass is 415 g/mol. The van der Waals surface area contributed by atoms with Gasteiger partial charge in [-0.3, -0.25) is 4.79 Å². The minimum atomic E-state index is -0.581. The van der Waals surface area contributed by atoms with Crippen molar-refractivity contribution in [1.82, 2.24) is 0 Å². The van der Waals surface area contributed by atoms with Gasteiger partial charge in [-0.05, 0) is 12.1 Å². The van der Waals surface area contributed by atoms with Crippen LogP contribution in [-0.2, 0) is 15.3 Å². The summed E-state index contributed by atoms with van der Waals surface area (Å²) in [6.45, 7) is 0. The first kappa shape index (κ1) is 20.4. The molecule has 0 bridgehead atoms. The zero-order valence-corrected chi connectivity index (χ0v) is 16.8. The lowest BCUT2D eigenvalue weighted by Gasteiger charge is -2.14. The summed E-state index contributed by atoms with van der Waals surface area (Å²) in [6.07, 6.45) is 0. The van der Waals surface area contributed by atoms with Crippen molar-refractivity contribution in [2.45, 2.75) is 5.75 Å². The molecule has 9 heteroatoms. The summed E-state index contributed by atoms with van der Waals surface area (Å²) in [7, 11) is 4.21. The molecule has 1 amide bonds. The molecule has 0 saturated carbocycles. The molecule has 1 N–H and O–H groups in total. The number of esters is 1. The van der Waals surface area contributed by atoms with Crippen LogP contribution < -0.4 is 14.8 Å². The average Bonchev–Trinajstić information content (AvgIpc) is 3.05. The Labute approximate surface area is 164 Å². The number of thiophene rings is 1. The summed E-state index contributed by atoms with van der Waals surface area (Å²) in [6, 6.07) is 6.77. The first-order valence-corrected chi connectivity index (χ1v) is 9.79. The van der Waals surface area contributed by atoms with E-state index >= 15 is 0 Å². The number of amides is 1. The van der Waals surface area contributed by atoms with Crippen LogP contribution in [0.4, 0.5) is 5.69 Å². The van der Waals surface area contributed by atoms with Crippen molar-refractivity contribution >= 4 is 52.3 Å². The molecule has 2 rings (SSSR count). The van der Waals surface area contributed by atoms with Gasteiger partial charge in [-0.15, -0.1) is 23.1 Å². The van der Waals surface area contributed by atoms with Crippen LogP contribution in [-0.4, -0.2) is 39.0 Å². The highest BCUT2D eigenvalue weighted by molar-refractivity contribution is 7.99. The Morgan fingerprint density at radius 1 is 1.15 bits per heavy atom. The Morgan fingerprint density at radius 2 is 1.85 bits per heavy atom. The van der Waals surface area contributed by atoms with E-state index in [2.05, 4.69) is 5.32 Å². The fraction of sp³-hybridized carbons (Fsp3) is 0.294. The van der Waals surface area contributed by atoms with Crippen molar-refractivity contribution < 1.29 is 23.8 Å². The molecule has 0 atom stereocenters. The summed E-state index contributed by atoms with van der Waals surface area (Å²) < 4.78 is 15.9. The van der Waals surface area contributed by atoms with Crippen molar-refractivity contribution in [3.8, 4) is 11.5 Å². The van der Waals surface area contributed by atoms with E-state index in [4.69, 9.17) is 25.8 Å². The minimum Gasteiger partial charge on any atom is -0.493 e. The predicted molar refractivity (Wildman–Crippen MR) is 105 cm³/mol. The lowest BCUT2D eigenvalue weighted by Crippen LogP contribution is -2.17. The molecule has 0 saturated heterocycles. The van der Waals surface area contributed by atoms with Crippen LogP contribution in [0, 0.1) is 0 Å². The molecule has 6 nitrogen and oxygen atoms in total. The third-order valence-corrected chi connectivity index (χ3v) is 5.70. The Bertz CT molecular complexity index is 793. The second kappa shape index (κ2) is 9.70. The van der Waals surface area contributed by atoms with Gasteiger partial charge in [-0.2, -0.15) is 0 Å². The SMILES string of the molecule is COC(=O)c1cc(OC)c(OC)cc1NC(=O)CSCc1ccc(Cl)s1. The minimum absolute atomic E-state index is 0.188. The standard InChI is InChI=1S/C17H18ClNO5S2/c1-22-13-6-11(17(21)24-3)12(7-14(13)23-2)19-16(20)9-25-8-10-4-5-15(18)26-10/h4-7H,8-9H2,1-3H3,(H,19,20). The number of benzene rings is 1. The Morgan fingerprint density at radius 3 is 2.42 bits per heavy atom. The number of methoxy groups -OCH3 is 3. The van der Waals surface area contributed by atoms with Crippen LogP contribution in [0.2, 0.25) is 4.34 Å². The highest BCUT2D eigenvalue weighted by Gasteiger charge is 2.19. The van der Waals surface area contributed by atoms with Crippen LogP contribution in [0.25, 0.3) is 0 Å². The molecule has 26 heavy (non-hydrogen) atoms. The second-order valence-electron chi connectivity index (χ2n) is 4.99. The van der Waals surface area contributed by atoms with Gasteiger partial charge in [0.15, 0.2) is 11.5 Å². The second-order valence-corrected chi connectivity index (χ2v) is 7.78. The third-order valence-electron chi connectivity index (χ3n) is 3.31. The maximum Gasteiger partial charge on any atom is 0.340 e. The van der Waals surface area contributed by atoms with Crippen LogP contribution >= 0.6 is 34.7 Å². The quantitative estimate of drug-likeness (QED) is 0.655. The number of ether oxygens (including phenoxy) is 3. The normalized spacial score (nSPS) is 10.3. The van der Waals surface area contributed by atoms with Gasteiger partial charge in [-0.25, -0.2) is 4.79 Å². The molecule has 1 heterocycles. The smallest absolute Gasteiger partial charge is 0.340 e. The average molecular weight is 416 g/mol. The number of carbonyl (C=O) groups is 2. The molecule has 0 fully saturated rings. The van der Waals surface area contributed by atoms with Gasteiger partial charge in [-0.1, -0.05) is 11.6 Å². The molecule has 1 aromatic carbocycles. The molecular formula is C17H18ClNO5S2. The molecule has 140 valence electrons. The first-order chi connectivity index (χ1) is 12.5. The lowest BCUT2D eigenvalue weighted by atomic mass is 10.1. The van der Waals surface area contributed by atoms with Crippen LogP contribution in [0.3, 0.4) is 0 Å². The zero-order valence-electron chi connectivity index (χ0n) is 14.5. The third kappa shape index (κ3) is 5.30. The summed E-state index contributed by atoms with van der Waals surface area (Å²) in [5.74, 6) is 0.855.